The lowest BCUT2D eigenvalue weighted by Gasteiger charge is -2.13. The van der Waals surface area contributed by atoms with Crippen molar-refractivity contribution in [1.29, 1.82) is 0 Å². The van der Waals surface area contributed by atoms with Crippen LogP contribution in [-0.2, 0) is 0 Å². The van der Waals surface area contributed by atoms with Crippen LogP contribution in [0.15, 0.2) is 24.3 Å². The summed E-state index contributed by atoms with van der Waals surface area (Å²) in [5, 5.41) is 0.788. The van der Waals surface area contributed by atoms with E-state index in [2.05, 4.69) is 19.1 Å². The molecule has 1 aromatic carbocycles. The van der Waals surface area contributed by atoms with E-state index in [0.29, 0.717) is 5.92 Å². The van der Waals surface area contributed by atoms with E-state index in [4.69, 9.17) is 17.3 Å². The normalized spacial score (nSPS) is 12.8. The fourth-order valence-electron chi connectivity index (χ4n) is 1.50. The number of rotatable bonds is 4. The van der Waals surface area contributed by atoms with Gasteiger partial charge >= 0.3 is 0 Å². The van der Waals surface area contributed by atoms with Gasteiger partial charge in [-0.2, -0.15) is 0 Å². The zero-order valence-corrected chi connectivity index (χ0v) is 8.72. The van der Waals surface area contributed by atoms with Gasteiger partial charge in [-0.15, -0.1) is 0 Å². The van der Waals surface area contributed by atoms with E-state index in [9.17, 15) is 0 Å². The Morgan fingerprint density at radius 3 is 2.38 bits per heavy atom. The number of nitrogens with two attached hydrogens (primary N) is 1. The Morgan fingerprint density at radius 1 is 1.31 bits per heavy atom. The van der Waals surface area contributed by atoms with Crippen LogP contribution in [-0.4, -0.2) is 6.54 Å². The molecule has 0 saturated heterocycles. The Hall–Kier alpha value is -0.530. The van der Waals surface area contributed by atoms with Gasteiger partial charge in [0, 0.05) is 5.02 Å². The second kappa shape index (κ2) is 5.25. The van der Waals surface area contributed by atoms with E-state index in [1.165, 1.54) is 12.0 Å². The third-order valence-electron chi connectivity index (χ3n) is 2.26. The van der Waals surface area contributed by atoms with Crippen molar-refractivity contribution in [2.24, 2.45) is 5.73 Å². The first-order valence-corrected chi connectivity index (χ1v) is 5.11. The minimum absolute atomic E-state index is 0.488. The summed E-state index contributed by atoms with van der Waals surface area (Å²) in [5.74, 6) is 0.488. The van der Waals surface area contributed by atoms with Crippen LogP contribution in [0.3, 0.4) is 0 Å². The van der Waals surface area contributed by atoms with Gasteiger partial charge in [-0.25, -0.2) is 0 Å². The first-order chi connectivity index (χ1) is 6.27. The number of halogens is 1. The lowest BCUT2D eigenvalue weighted by Crippen LogP contribution is -2.12. The van der Waals surface area contributed by atoms with Gasteiger partial charge in [0.2, 0.25) is 0 Å². The molecule has 0 heterocycles. The van der Waals surface area contributed by atoms with Crippen LogP contribution in [0.25, 0.3) is 0 Å². The van der Waals surface area contributed by atoms with Crippen molar-refractivity contribution < 1.29 is 0 Å². The molecule has 0 bridgehead atoms. The number of hydrogen-bond donors (Lipinski definition) is 1. The van der Waals surface area contributed by atoms with Gasteiger partial charge in [-0.05, 0) is 36.6 Å². The molecule has 2 heteroatoms. The summed E-state index contributed by atoms with van der Waals surface area (Å²) < 4.78 is 0. The van der Waals surface area contributed by atoms with Gasteiger partial charge in [0.05, 0.1) is 0 Å². The SMILES string of the molecule is CCC[C@H](CN)c1ccc(Cl)cc1. The smallest absolute Gasteiger partial charge is 0.0406 e. The molecule has 1 rings (SSSR count). The monoisotopic (exact) mass is 197 g/mol. The summed E-state index contributed by atoms with van der Waals surface area (Å²) in [6.45, 7) is 2.90. The Balaban J connectivity index is 2.73. The van der Waals surface area contributed by atoms with Crippen LogP contribution in [0.4, 0.5) is 0 Å². The molecule has 1 nitrogen and oxygen atoms in total. The van der Waals surface area contributed by atoms with E-state index in [0.717, 1.165) is 18.0 Å². The predicted octanol–water partition coefficient (Wildman–Crippen LogP) is 3.18. The predicted molar refractivity (Wildman–Crippen MR) is 58.2 cm³/mol. The highest BCUT2D eigenvalue weighted by Crippen LogP contribution is 2.21. The van der Waals surface area contributed by atoms with E-state index in [-0.39, 0.29) is 0 Å². The van der Waals surface area contributed by atoms with E-state index >= 15 is 0 Å². The third-order valence-corrected chi connectivity index (χ3v) is 2.52. The molecule has 0 aromatic heterocycles. The molecule has 1 aromatic rings. The first-order valence-electron chi connectivity index (χ1n) is 4.73. The van der Waals surface area contributed by atoms with Gasteiger partial charge in [-0.3, -0.25) is 0 Å². The highest BCUT2D eigenvalue weighted by molar-refractivity contribution is 6.30. The lowest BCUT2D eigenvalue weighted by molar-refractivity contribution is 0.622. The zero-order valence-electron chi connectivity index (χ0n) is 7.96. The summed E-state index contributed by atoms with van der Waals surface area (Å²) in [7, 11) is 0. The third kappa shape index (κ3) is 3.02. The van der Waals surface area contributed by atoms with Crippen LogP contribution in [0.5, 0.6) is 0 Å². The summed E-state index contributed by atoms with van der Waals surface area (Å²) in [4.78, 5) is 0. The van der Waals surface area contributed by atoms with Crippen molar-refractivity contribution in [2.75, 3.05) is 6.54 Å². The van der Waals surface area contributed by atoms with Crippen molar-refractivity contribution in [2.45, 2.75) is 25.7 Å². The Morgan fingerprint density at radius 2 is 1.92 bits per heavy atom. The first kappa shape index (κ1) is 10.6. The maximum atomic E-state index is 5.81. The average Bonchev–Trinajstić information content (AvgIpc) is 2.16. The van der Waals surface area contributed by atoms with Gasteiger partial charge in [-0.1, -0.05) is 37.1 Å². The van der Waals surface area contributed by atoms with Gasteiger partial charge in [0.1, 0.15) is 0 Å². The molecule has 0 fully saturated rings. The summed E-state index contributed by atoms with van der Waals surface area (Å²) in [6, 6.07) is 7.98. The molecule has 0 unspecified atom stereocenters. The van der Waals surface area contributed by atoms with Crippen LogP contribution in [0.1, 0.15) is 31.2 Å². The second-order valence-corrected chi connectivity index (χ2v) is 3.71. The topological polar surface area (TPSA) is 26.0 Å². The van der Waals surface area contributed by atoms with Crippen LogP contribution in [0.2, 0.25) is 5.02 Å². The van der Waals surface area contributed by atoms with Crippen molar-refractivity contribution in [3.8, 4) is 0 Å². The Labute approximate surface area is 84.9 Å². The zero-order chi connectivity index (χ0) is 9.68. The fraction of sp³-hybridized carbons (Fsp3) is 0.455. The Kier molecular flexibility index (Phi) is 4.26. The van der Waals surface area contributed by atoms with Gasteiger partial charge in [0.25, 0.3) is 0 Å². The minimum atomic E-state index is 0.488. The van der Waals surface area contributed by atoms with Crippen molar-refractivity contribution >= 4 is 11.6 Å². The standard InChI is InChI=1S/C11H16ClN/c1-2-3-10(8-13)9-4-6-11(12)7-5-9/h4-7,10H,2-3,8,13H2,1H3/t10-/m1/s1. The molecular weight excluding hydrogens is 182 g/mol. The maximum absolute atomic E-state index is 5.81. The minimum Gasteiger partial charge on any atom is -0.330 e. The molecule has 0 radical (unpaired) electrons. The van der Waals surface area contributed by atoms with Crippen molar-refractivity contribution in [3.63, 3.8) is 0 Å². The number of benzene rings is 1. The molecule has 0 saturated carbocycles. The highest BCUT2D eigenvalue weighted by atomic mass is 35.5. The average molecular weight is 198 g/mol. The molecule has 0 aliphatic carbocycles. The maximum Gasteiger partial charge on any atom is 0.0406 e. The highest BCUT2D eigenvalue weighted by Gasteiger charge is 2.07. The number of hydrogen-bond acceptors (Lipinski definition) is 1. The molecule has 1 atom stereocenters. The van der Waals surface area contributed by atoms with Crippen LogP contribution >= 0.6 is 11.6 Å². The molecule has 0 spiro atoms. The second-order valence-electron chi connectivity index (χ2n) is 3.27. The molecule has 0 amide bonds. The lowest BCUT2D eigenvalue weighted by atomic mass is 9.95. The summed E-state index contributed by atoms with van der Waals surface area (Å²) >= 11 is 5.81. The summed E-state index contributed by atoms with van der Waals surface area (Å²) in [6.07, 6.45) is 2.32. The summed E-state index contributed by atoms with van der Waals surface area (Å²) in [5.41, 5.74) is 7.00. The van der Waals surface area contributed by atoms with Gasteiger partial charge in [0.15, 0.2) is 0 Å². The van der Waals surface area contributed by atoms with Crippen LogP contribution < -0.4 is 5.73 Å². The molecule has 0 aliphatic rings. The molecule has 2 N–H and O–H groups in total. The molecule has 0 aliphatic heterocycles. The van der Waals surface area contributed by atoms with E-state index < -0.39 is 0 Å². The Bertz CT molecular complexity index is 243. The van der Waals surface area contributed by atoms with Crippen molar-refractivity contribution in [1.82, 2.24) is 0 Å². The van der Waals surface area contributed by atoms with Crippen LogP contribution in [0, 0.1) is 0 Å². The molecule has 72 valence electrons. The largest absolute Gasteiger partial charge is 0.330 e. The van der Waals surface area contributed by atoms with E-state index in [1.807, 2.05) is 12.1 Å². The fourth-order valence-corrected chi connectivity index (χ4v) is 1.63. The molecular formula is C11H16ClN. The van der Waals surface area contributed by atoms with Crippen molar-refractivity contribution in [3.05, 3.63) is 34.9 Å². The van der Waals surface area contributed by atoms with Gasteiger partial charge < -0.3 is 5.73 Å². The molecule has 13 heavy (non-hydrogen) atoms. The quantitative estimate of drug-likeness (QED) is 0.789. The van der Waals surface area contributed by atoms with E-state index in [1.54, 1.807) is 0 Å².